The molecule has 1 heterocycles. The molecule has 0 unspecified atom stereocenters. The molecule has 19 heavy (non-hydrogen) atoms. The van der Waals surface area contributed by atoms with Crippen LogP contribution >= 0.6 is 12.4 Å². The van der Waals surface area contributed by atoms with E-state index in [9.17, 15) is 0 Å². The monoisotopic (exact) mass is 282 g/mol. The van der Waals surface area contributed by atoms with Gasteiger partial charge in [-0.2, -0.15) is 0 Å². The van der Waals surface area contributed by atoms with Crippen molar-refractivity contribution in [2.24, 2.45) is 0 Å². The van der Waals surface area contributed by atoms with E-state index in [1.165, 1.54) is 5.56 Å². The third kappa shape index (κ3) is 5.23. The molecule has 106 valence electrons. The zero-order valence-electron chi connectivity index (χ0n) is 11.5. The zero-order chi connectivity index (χ0) is 12.8. The largest absolute Gasteiger partial charge is 0.490 e. The van der Waals surface area contributed by atoms with Gasteiger partial charge in [-0.1, -0.05) is 24.8 Å². The minimum Gasteiger partial charge on any atom is -0.490 e. The molecule has 0 aromatic heterocycles. The minimum absolute atomic E-state index is 0. The van der Waals surface area contributed by atoms with Gasteiger partial charge in [0.05, 0.1) is 0 Å². The molecule has 1 aliphatic rings. The number of hydrogen-bond acceptors (Lipinski definition) is 3. The maximum atomic E-state index is 5.56. The molecule has 1 fully saturated rings. The maximum absolute atomic E-state index is 5.56. The topological polar surface area (TPSA) is 24.5 Å². The van der Waals surface area contributed by atoms with E-state index >= 15 is 0 Å². The molecule has 2 rings (SSSR count). The van der Waals surface area contributed by atoms with E-state index < -0.39 is 0 Å². The minimum atomic E-state index is 0. The summed E-state index contributed by atoms with van der Waals surface area (Å²) in [7, 11) is 0. The highest BCUT2D eigenvalue weighted by Gasteiger charge is 2.15. The maximum Gasteiger partial charge on any atom is 0.120 e. The fourth-order valence-corrected chi connectivity index (χ4v) is 2.30. The number of nitrogens with zero attached hydrogens (tertiary/aromatic N) is 1. The van der Waals surface area contributed by atoms with Gasteiger partial charge in [0.15, 0.2) is 0 Å². The van der Waals surface area contributed by atoms with Crippen molar-refractivity contribution in [2.45, 2.75) is 19.5 Å². The van der Waals surface area contributed by atoms with Crippen LogP contribution in [0.4, 0.5) is 0 Å². The van der Waals surface area contributed by atoms with E-state index in [4.69, 9.17) is 4.74 Å². The van der Waals surface area contributed by atoms with Crippen LogP contribution in [0.15, 0.2) is 36.9 Å². The van der Waals surface area contributed by atoms with Gasteiger partial charge in [-0.05, 0) is 24.6 Å². The van der Waals surface area contributed by atoms with Crippen LogP contribution in [-0.2, 0) is 6.54 Å². The second-order valence-electron chi connectivity index (χ2n) is 4.84. The Hall–Kier alpha value is -1.03. The molecular formula is C15H23ClN2O. The lowest BCUT2D eigenvalue weighted by Crippen LogP contribution is -2.48. The quantitative estimate of drug-likeness (QED) is 0.840. The summed E-state index contributed by atoms with van der Waals surface area (Å²) in [5.74, 6) is 0.926. The molecule has 4 heteroatoms. The molecule has 0 aliphatic carbocycles. The van der Waals surface area contributed by atoms with Crippen molar-refractivity contribution < 1.29 is 4.74 Å². The zero-order valence-corrected chi connectivity index (χ0v) is 12.3. The van der Waals surface area contributed by atoms with Crippen molar-refractivity contribution >= 4 is 12.4 Å². The number of hydrogen-bond donors (Lipinski definition) is 1. The number of ether oxygens (including phenoxy) is 1. The third-order valence-electron chi connectivity index (χ3n) is 3.13. The Kier molecular flexibility index (Phi) is 6.92. The van der Waals surface area contributed by atoms with Crippen LogP contribution in [0.2, 0.25) is 0 Å². The molecule has 3 nitrogen and oxygen atoms in total. The predicted octanol–water partition coefficient (Wildman–Crippen LogP) is 2.47. The van der Waals surface area contributed by atoms with Crippen molar-refractivity contribution in [1.82, 2.24) is 10.2 Å². The van der Waals surface area contributed by atoms with Gasteiger partial charge in [-0.15, -0.1) is 12.4 Å². The molecule has 0 radical (unpaired) electrons. The van der Waals surface area contributed by atoms with Crippen molar-refractivity contribution in [1.29, 1.82) is 0 Å². The SMILES string of the molecule is C=CCOc1cccc(CN2CCN[C@@H](C)C2)c1.Cl. The Morgan fingerprint density at radius 3 is 3.11 bits per heavy atom. The summed E-state index contributed by atoms with van der Waals surface area (Å²) in [6, 6.07) is 8.91. The van der Waals surface area contributed by atoms with E-state index in [0.717, 1.165) is 31.9 Å². The molecule has 0 bridgehead atoms. The number of piperazine rings is 1. The number of nitrogens with one attached hydrogen (secondary N) is 1. The van der Waals surface area contributed by atoms with Crippen LogP contribution in [0.1, 0.15) is 12.5 Å². The summed E-state index contributed by atoms with van der Waals surface area (Å²) in [6.45, 7) is 10.8. The van der Waals surface area contributed by atoms with Crippen molar-refractivity contribution in [3.63, 3.8) is 0 Å². The van der Waals surface area contributed by atoms with Crippen LogP contribution < -0.4 is 10.1 Å². The highest BCUT2D eigenvalue weighted by atomic mass is 35.5. The van der Waals surface area contributed by atoms with Crippen LogP contribution in [0.5, 0.6) is 5.75 Å². The summed E-state index contributed by atoms with van der Waals surface area (Å²) in [4.78, 5) is 2.48. The number of benzene rings is 1. The van der Waals surface area contributed by atoms with Crippen molar-refractivity contribution in [3.8, 4) is 5.75 Å². The average molecular weight is 283 g/mol. The second kappa shape index (κ2) is 8.20. The average Bonchev–Trinajstić information content (AvgIpc) is 2.37. The van der Waals surface area contributed by atoms with Crippen molar-refractivity contribution in [2.75, 3.05) is 26.2 Å². The third-order valence-corrected chi connectivity index (χ3v) is 3.13. The van der Waals surface area contributed by atoms with Gasteiger partial charge < -0.3 is 10.1 Å². The Morgan fingerprint density at radius 2 is 2.37 bits per heavy atom. The van der Waals surface area contributed by atoms with Crippen LogP contribution in [0.3, 0.4) is 0 Å². The summed E-state index contributed by atoms with van der Waals surface area (Å²) in [5, 5.41) is 3.46. The van der Waals surface area contributed by atoms with E-state index in [1.807, 2.05) is 6.07 Å². The summed E-state index contributed by atoms with van der Waals surface area (Å²) in [5.41, 5.74) is 1.31. The van der Waals surface area contributed by atoms with Gasteiger partial charge in [0.1, 0.15) is 12.4 Å². The molecule has 1 atom stereocenters. The fraction of sp³-hybridized carbons (Fsp3) is 0.467. The van der Waals surface area contributed by atoms with Gasteiger partial charge in [0.25, 0.3) is 0 Å². The van der Waals surface area contributed by atoms with Gasteiger partial charge >= 0.3 is 0 Å². The van der Waals surface area contributed by atoms with Crippen LogP contribution in [0, 0.1) is 0 Å². The van der Waals surface area contributed by atoms with E-state index in [2.05, 4.69) is 41.9 Å². The molecular weight excluding hydrogens is 260 g/mol. The van der Waals surface area contributed by atoms with Gasteiger partial charge in [0, 0.05) is 32.2 Å². The van der Waals surface area contributed by atoms with Gasteiger partial charge in [-0.3, -0.25) is 4.90 Å². The Bertz CT molecular complexity index is 397. The van der Waals surface area contributed by atoms with Crippen LogP contribution in [0.25, 0.3) is 0 Å². The highest BCUT2D eigenvalue weighted by Crippen LogP contribution is 2.15. The van der Waals surface area contributed by atoms with E-state index in [0.29, 0.717) is 12.6 Å². The Morgan fingerprint density at radius 1 is 1.53 bits per heavy atom. The molecule has 0 spiro atoms. The van der Waals surface area contributed by atoms with E-state index in [-0.39, 0.29) is 12.4 Å². The molecule has 1 aromatic rings. The molecule has 1 aliphatic heterocycles. The first-order valence-electron chi connectivity index (χ1n) is 6.56. The normalized spacial score (nSPS) is 19.5. The molecule has 0 amide bonds. The second-order valence-corrected chi connectivity index (χ2v) is 4.84. The van der Waals surface area contributed by atoms with Crippen molar-refractivity contribution in [3.05, 3.63) is 42.5 Å². The molecule has 0 saturated carbocycles. The fourth-order valence-electron chi connectivity index (χ4n) is 2.30. The van der Waals surface area contributed by atoms with Crippen LogP contribution in [-0.4, -0.2) is 37.2 Å². The lowest BCUT2D eigenvalue weighted by molar-refractivity contribution is 0.199. The Balaban J connectivity index is 0.00000180. The first-order valence-corrected chi connectivity index (χ1v) is 6.56. The first-order chi connectivity index (χ1) is 8.78. The molecule has 1 saturated heterocycles. The smallest absolute Gasteiger partial charge is 0.120 e. The standard InChI is InChI=1S/C15H22N2O.ClH/c1-3-9-18-15-6-4-5-14(10-15)12-17-8-7-16-13(2)11-17;/h3-6,10,13,16H,1,7-9,11-12H2,2H3;1H/t13-;/m0./s1. The molecule has 1 N–H and O–H groups in total. The highest BCUT2D eigenvalue weighted by molar-refractivity contribution is 5.85. The number of halogens is 1. The lowest BCUT2D eigenvalue weighted by atomic mass is 10.1. The van der Waals surface area contributed by atoms with E-state index in [1.54, 1.807) is 6.08 Å². The lowest BCUT2D eigenvalue weighted by Gasteiger charge is -2.31. The number of rotatable bonds is 5. The Labute approximate surface area is 122 Å². The summed E-state index contributed by atoms with van der Waals surface area (Å²) < 4.78 is 5.56. The predicted molar refractivity (Wildman–Crippen MR) is 82.1 cm³/mol. The first kappa shape index (κ1) is 16.0. The van der Waals surface area contributed by atoms with Gasteiger partial charge in [-0.25, -0.2) is 0 Å². The summed E-state index contributed by atoms with van der Waals surface area (Å²) in [6.07, 6.45) is 1.77. The summed E-state index contributed by atoms with van der Waals surface area (Å²) >= 11 is 0. The molecule has 1 aromatic carbocycles. The van der Waals surface area contributed by atoms with Gasteiger partial charge in [0.2, 0.25) is 0 Å².